The van der Waals surface area contributed by atoms with Crippen LogP contribution in [-0.4, -0.2) is 60.5 Å². The van der Waals surface area contributed by atoms with Gasteiger partial charge in [0.15, 0.2) is 0 Å². The molecule has 5 fully saturated rings. The number of nitrogens with one attached hydrogen (secondary N) is 1. The molecule has 6 rings (SSSR count). The first-order valence-corrected chi connectivity index (χ1v) is 11.7. The molecule has 0 spiro atoms. The summed E-state index contributed by atoms with van der Waals surface area (Å²) in [5.74, 6) is 1.55. The molecule has 7 nitrogen and oxygen atoms in total. The van der Waals surface area contributed by atoms with Crippen LogP contribution in [0.4, 0.5) is 19.0 Å². The summed E-state index contributed by atoms with van der Waals surface area (Å²) in [6.45, 7) is 2.78. The Morgan fingerprint density at radius 1 is 1.09 bits per heavy atom. The van der Waals surface area contributed by atoms with Crippen LogP contribution >= 0.6 is 0 Å². The number of carbonyl (C=O) groups excluding carboxylic acids is 2. The summed E-state index contributed by atoms with van der Waals surface area (Å²) in [7, 11) is 0. The summed E-state index contributed by atoms with van der Waals surface area (Å²) in [6.07, 6.45) is 1.09. The average molecular weight is 466 g/mol. The average Bonchev–Trinajstić information content (AvgIpc) is 2.76. The molecule has 4 bridgehead atoms. The largest absolute Gasteiger partial charge is 0.417 e. The highest BCUT2D eigenvalue weighted by atomic mass is 19.4. The highest BCUT2D eigenvalue weighted by molar-refractivity contribution is 5.82. The second-order valence-electron chi connectivity index (χ2n) is 10.4. The highest BCUT2D eigenvalue weighted by Crippen LogP contribution is 2.59. The van der Waals surface area contributed by atoms with Crippen molar-refractivity contribution in [1.29, 1.82) is 0 Å². The van der Waals surface area contributed by atoms with Gasteiger partial charge in [-0.25, -0.2) is 4.98 Å². The van der Waals surface area contributed by atoms with Crippen molar-refractivity contribution in [3.8, 4) is 0 Å². The number of hydrogen-bond acceptors (Lipinski definition) is 5. The molecule has 0 aromatic carbocycles. The third kappa shape index (κ3) is 4.29. The van der Waals surface area contributed by atoms with Crippen LogP contribution in [0.2, 0.25) is 0 Å². The van der Waals surface area contributed by atoms with Gasteiger partial charge in [-0.15, -0.1) is 0 Å². The molecule has 5 aliphatic rings. The van der Waals surface area contributed by atoms with E-state index < -0.39 is 11.7 Å². The van der Waals surface area contributed by atoms with Crippen molar-refractivity contribution in [3.63, 3.8) is 0 Å². The zero-order valence-electron chi connectivity index (χ0n) is 18.5. The Hall–Kier alpha value is -2.36. The number of nitrogens with zero attached hydrogens (tertiary/aromatic N) is 3. The number of primary amides is 1. The van der Waals surface area contributed by atoms with E-state index in [4.69, 9.17) is 5.73 Å². The molecule has 3 N–H and O–H groups in total. The minimum absolute atomic E-state index is 0.00158. The standard InChI is InChI=1S/C23H30F3N5O2/c24-23(25,26)17-1-2-18(28-12-17)31-5-3-30(4-6-31)13-19(32)29-20-15-7-14-8-16(20)11-22(9-14,10-15)21(27)33/h1-2,12,14-16,20H,3-11,13H2,(H2,27,33)(H,29,32)/t14?,15?,16?,20-,22+. The van der Waals surface area contributed by atoms with E-state index in [-0.39, 0.29) is 23.3 Å². The summed E-state index contributed by atoms with van der Waals surface area (Å²) in [5, 5.41) is 3.26. The van der Waals surface area contributed by atoms with Gasteiger partial charge in [-0.2, -0.15) is 13.2 Å². The smallest absolute Gasteiger partial charge is 0.369 e. The molecule has 1 aromatic heterocycles. The Labute approximate surface area is 190 Å². The van der Waals surface area contributed by atoms with Crippen LogP contribution in [0, 0.1) is 23.2 Å². The number of amides is 2. The third-order valence-electron chi connectivity index (χ3n) is 8.26. The van der Waals surface area contributed by atoms with Crippen LogP contribution in [0.1, 0.15) is 37.7 Å². The van der Waals surface area contributed by atoms with Gasteiger partial charge in [-0.1, -0.05) is 0 Å². The lowest BCUT2D eigenvalue weighted by Crippen LogP contribution is -2.62. The van der Waals surface area contributed by atoms with Crippen molar-refractivity contribution >= 4 is 17.6 Å². The van der Waals surface area contributed by atoms with E-state index in [0.717, 1.165) is 44.4 Å². The van der Waals surface area contributed by atoms with Crippen LogP contribution < -0.4 is 16.0 Å². The number of rotatable bonds is 5. The van der Waals surface area contributed by atoms with Gasteiger partial charge in [0.05, 0.1) is 12.1 Å². The molecule has 1 aliphatic heterocycles. The molecule has 2 amide bonds. The van der Waals surface area contributed by atoms with Crippen LogP contribution in [0.15, 0.2) is 18.3 Å². The Bertz CT molecular complexity index is 898. The molecule has 33 heavy (non-hydrogen) atoms. The molecule has 1 saturated heterocycles. The van der Waals surface area contributed by atoms with Crippen LogP contribution in [0.25, 0.3) is 0 Å². The Morgan fingerprint density at radius 2 is 1.76 bits per heavy atom. The van der Waals surface area contributed by atoms with E-state index >= 15 is 0 Å². The monoisotopic (exact) mass is 465 g/mol. The van der Waals surface area contributed by atoms with Gasteiger partial charge in [0.25, 0.3) is 0 Å². The first-order valence-electron chi connectivity index (χ1n) is 11.7. The second kappa shape index (κ2) is 8.14. The molecule has 0 radical (unpaired) electrons. The summed E-state index contributed by atoms with van der Waals surface area (Å²) in [6, 6.07) is 2.57. The van der Waals surface area contributed by atoms with E-state index in [0.29, 0.717) is 56.3 Å². The molecule has 180 valence electrons. The quantitative estimate of drug-likeness (QED) is 0.694. The first kappa shape index (κ1) is 22.4. The summed E-state index contributed by atoms with van der Waals surface area (Å²) in [5.41, 5.74) is 4.63. The molecule has 4 aliphatic carbocycles. The minimum Gasteiger partial charge on any atom is -0.369 e. The topological polar surface area (TPSA) is 91.6 Å². The number of carbonyl (C=O) groups is 2. The van der Waals surface area contributed by atoms with Crippen molar-refractivity contribution in [1.82, 2.24) is 15.2 Å². The fourth-order valence-electron chi connectivity index (χ4n) is 6.87. The van der Waals surface area contributed by atoms with E-state index in [9.17, 15) is 22.8 Å². The van der Waals surface area contributed by atoms with Crippen LogP contribution in [0.3, 0.4) is 0 Å². The van der Waals surface area contributed by atoms with Gasteiger partial charge >= 0.3 is 6.18 Å². The minimum atomic E-state index is -4.39. The lowest BCUT2D eigenvalue weighted by molar-refractivity contribution is -0.147. The lowest BCUT2D eigenvalue weighted by atomic mass is 9.47. The molecule has 1 aromatic rings. The molecular weight excluding hydrogens is 435 g/mol. The summed E-state index contributed by atoms with van der Waals surface area (Å²) < 4.78 is 38.2. The molecule has 2 atom stereocenters. The maximum atomic E-state index is 12.8. The van der Waals surface area contributed by atoms with Gasteiger partial charge in [0.2, 0.25) is 11.8 Å². The van der Waals surface area contributed by atoms with Crippen molar-refractivity contribution < 1.29 is 22.8 Å². The van der Waals surface area contributed by atoms with E-state index in [2.05, 4.69) is 15.2 Å². The zero-order valence-corrected chi connectivity index (χ0v) is 18.5. The Balaban J connectivity index is 1.12. The van der Waals surface area contributed by atoms with Gasteiger partial charge in [0, 0.05) is 43.8 Å². The predicted molar refractivity (Wildman–Crippen MR) is 115 cm³/mol. The fourth-order valence-corrected chi connectivity index (χ4v) is 6.87. The summed E-state index contributed by atoms with van der Waals surface area (Å²) in [4.78, 5) is 32.9. The van der Waals surface area contributed by atoms with E-state index in [1.165, 1.54) is 6.07 Å². The van der Waals surface area contributed by atoms with Crippen LogP contribution in [0.5, 0.6) is 0 Å². The molecule has 2 unspecified atom stereocenters. The van der Waals surface area contributed by atoms with Crippen molar-refractivity contribution in [3.05, 3.63) is 23.9 Å². The van der Waals surface area contributed by atoms with Gasteiger partial charge in [0.1, 0.15) is 5.82 Å². The number of pyridine rings is 1. The van der Waals surface area contributed by atoms with Gasteiger partial charge < -0.3 is 16.0 Å². The number of alkyl halides is 3. The fraction of sp³-hybridized carbons (Fsp3) is 0.696. The second-order valence-corrected chi connectivity index (χ2v) is 10.4. The van der Waals surface area contributed by atoms with Crippen molar-refractivity contribution in [2.45, 2.75) is 44.3 Å². The van der Waals surface area contributed by atoms with Crippen LogP contribution in [-0.2, 0) is 15.8 Å². The van der Waals surface area contributed by atoms with Gasteiger partial charge in [-0.05, 0) is 62.0 Å². The summed E-state index contributed by atoms with van der Waals surface area (Å²) >= 11 is 0. The molecule has 10 heteroatoms. The maximum Gasteiger partial charge on any atom is 0.417 e. The Morgan fingerprint density at radius 3 is 2.30 bits per heavy atom. The molecule has 4 saturated carbocycles. The zero-order chi connectivity index (χ0) is 23.4. The predicted octanol–water partition coefficient (Wildman–Crippen LogP) is 2.02. The Kier molecular flexibility index (Phi) is 5.54. The van der Waals surface area contributed by atoms with Crippen molar-refractivity contribution in [2.24, 2.45) is 28.9 Å². The number of anilines is 1. The molecular formula is C23H30F3N5O2. The number of piperazine rings is 1. The number of aromatic nitrogens is 1. The van der Waals surface area contributed by atoms with E-state index in [1.807, 2.05) is 4.90 Å². The maximum absolute atomic E-state index is 12.8. The lowest BCUT2D eigenvalue weighted by Gasteiger charge is -2.58. The van der Waals surface area contributed by atoms with Crippen molar-refractivity contribution in [2.75, 3.05) is 37.6 Å². The molecule has 2 heterocycles. The highest BCUT2D eigenvalue weighted by Gasteiger charge is 2.58. The van der Waals surface area contributed by atoms with E-state index in [1.54, 1.807) is 0 Å². The number of nitrogens with two attached hydrogens (primary N) is 1. The first-order chi connectivity index (χ1) is 15.6. The number of hydrogen-bond donors (Lipinski definition) is 2. The van der Waals surface area contributed by atoms with Gasteiger partial charge in [-0.3, -0.25) is 14.5 Å². The third-order valence-corrected chi connectivity index (χ3v) is 8.26. The SMILES string of the molecule is NC(=O)[C@]12CC3CC(C1)[C@H](NC(=O)CN1CCN(c4ccc(C(F)(F)F)cn4)CC1)C(C3)C2. The number of halogens is 3. The normalized spacial score (nSPS) is 33.8.